The molecule has 0 bridgehead atoms. The molecule has 7 heteroatoms. The summed E-state index contributed by atoms with van der Waals surface area (Å²) < 4.78 is 13.0. The number of amides is 1. The maximum Gasteiger partial charge on any atom is 0.223 e. The van der Waals surface area contributed by atoms with Gasteiger partial charge in [-0.15, -0.1) is 0 Å². The molecular formula is C31H36N4O3. The van der Waals surface area contributed by atoms with Crippen LogP contribution in [-0.4, -0.2) is 49.3 Å². The number of piperidine rings is 1. The van der Waals surface area contributed by atoms with Crippen LogP contribution in [0.25, 0.3) is 11.0 Å². The number of nitrogens with zero attached hydrogens (tertiary/aromatic N) is 3. The smallest absolute Gasteiger partial charge is 0.223 e. The molecule has 0 unspecified atom stereocenters. The van der Waals surface area contributed by atoms with E-state index in [1.807, 2.05) is 24.3 Å². The first kappa shape index (κ1) is 25.6. The van der Waals surface area contributed by atoms with Gasteiger partial charge in [0.25, 0.3) is 0 Å². The molecule has 4 aromatic rings. The van der Waals surface area contributed by atoms with Crippen molar-refractivity contribution in [3.63, 3.8) is 0 Å². The molecule has 1 aliphatic rings. The number of hydrogen-bond donors (Lipinski definition) is 1. The van der Waals surface area contributed by atoms with Gasteiger partial charge in [-0.2, -0.15) is 0 Å². The van der Waals surface area contributed by atoms with Gasteiger partial charge in [-0.25, -0.2) is 4.98 Å². The SMILES string of the molecule is COc1ccc(CCNC(=O)C2CCN(c3nc4ccccc4n3Cc3cccc(C)c3)CC2)cc1OC. The lowest BCUT2D eigenvalue weighted by Crippen LogP contribution is -2.42. The molecule has 5 rings (SSSR count). The first-order valence-corrected chi connectivity index (χ1v) is 13.3. The molecule has 38 heavy (non-hydrogen) atoms. The van der Waals surface area contributed by atoms with Gasteiger partial charge in [0, 0.05) is 25.6 Å². The molecule has 1 aliphatic heterocycles. The molecule has 0 saturated carbocycles. The number of aryl methyl sites for hydroxylation is 1. The molecule has 3 aromatic carbocycles. The Labute approximate surface area is 224 Å². The Balaban J connectivity index is 1.20. The highest BCUT2D eigenvalue weighted by molar-refractivity contribution is 5.80. The number of benzene rings is 3. The molecule has 1 fully saturated rings. The highest BCUT2D eigenvalue weighted by Crippen LogP contribution is 2.29. The molecule has 2 heterocycles. The lowest BCUT2D eigenvalue weighted by molar-refractivity contribution is -0.125. The third-order valence-corrected chi connectivity index (χ3v) is 7.37. The predicted molar refractivity (Wildman–Crippen MR) is 151 cm³/mol. The van der Waals surface area contributed by atoms with Crippen molar-refractivity contribution < 1.29 is 14.3 Å². The zero-order valence-corrected chi connectivity index (χ0v) is 22.4. The highest BCUT2D eigenvalue weighted by Gasteiger charge is 2.27. The van der Waals surface area contributed by atoms with Gasteiger partial charge in [0.05, 0.1) is 31.8 Å². The second-order valence-corrected chi connectivity index (χ2v) is 9.97. The van der Waals surface area contributed by atoms with E-state index in [9.17, 15) is 4.79 Å². The van der Waals surface area contributed by atoms with E-state index in [0.29, 0.717) is 18.0 Å². The Morgan fingerprint density at radius 3 is 2.50 bits per heavy atom. The molecule has 0 aliphatic carbocycles. The number of ether oxygens (including phenoxy) is 2. The van der Waals surface area contributed by atoms with Crippen LogP contribution >= 0.6 is 0 Å². The Morgan fingerprint density at radius 2 is 1.74 bits per heavy atom. The number of fused-ring (bicyclic) bond motifs is 1. The topological polar surface area (TPSA) is 68.6 Å². The van der Waals surface area contributed by atoms with E-state index in [4.69, 9.17) is 14.5 Å². The van der Waals surface area contributed by atoms with Gasteiger partial charge >= 0.3 is 0 Å². The molecule has 1 saturated heterocycles. The Bertz CT molecular complexity index is 1410. The van der Waals surface area contributed by atoms with E-state index in [-0.39, 0.29) is 11.8 Å². The fourth-order valence-corrected chi connectivity index (χ4v) is 5.31. The molecule has 198 valence electrons. The van der Waals surface area contributed by atoms with Crippen LogP contribution in [0.15, 0.2) is 66.7 Å². The minimum Gasteiger partial charge on any atom is -0.493 e. The number of para-hydroxylation sites is 2. The second-order valence-electron chi connectivity index (χ2n) is 9.97. The third-order valence-electron chi connectivity index (χ3n) is 7.37. The van der Waals surface area contributed by atoms with Crippen molar-refractivity contribution in [2.24, 2.45) is 5.92 Å². The summed E-state index contributed by atoms with van der Waals surface area (Å²) in [5, 5.41) is 3.14. The number of imidazole rings is 1. The van der Waals surface area contributed by atoms with E-state index in [1.165, 1.54) is 11.1 Å². The van der Waals surface area contributed by atoms with E-state index in [1.54, 1.807) is 14.2 Å². The summed E-state index contributed by atoms with van der Waals surface area (Å²) in [4.78, 5) is 20.3. The quantitative estimate of drug-likeness (QED) is 0.342. The normalized spacial score (nSPS) is 14.0. The lowest BCUT2D eigenvalue weighted by Gasteiger charge is -2.32. The number of nitrogens with one attached hydrogen (secondary N) is 1. The largest absolute Gasteiger partial charge is 0.493 e. The number of hydrogen-bond acceptors (Lipinski definition) is 5. The van der Waals surface area contributed by atoms with Crippen LogP contribution in [0.4, 0.5) is 5.95 Å². The summed E-state index contributed by atoms with van der Waals surface area (Å²) in [6.07, 6.45) is 2.37. The van der Waals surface area contributed by atoms with E-state index < -0.39 is 0 Å². The molecule has 1 amide bonds. The molecule has 0 spiro atoms. The minimum absolute atomic E-state index is 0.0197. The molecular weight excluding hydrogens is 476 g/mol. The first-order chi connectivity index (χ1) is 18.6. The number of carbonyl (C=O) groups excluding carboxylic acids is 1. The molecule has 0 atom stereocenters. The average Bonchev–Trinajstić information content (AvgIpc) is 3.31. The highest BCUT2D eigenvalue weighted by atomic mass is 16.5. The molecule has 0 radical (unpaired) electrons. The van der Waals surface area contributed by atoms with Crippen LogP contribution in [-0.2, 0) is 17.8 Å². The molecule has 1 N–H and O–H groups in total. The van der Waals surface area contributed by atoms with Crippen LogP contribution in [0.5, 0.6) is 11.5 Å². The molecule has 7 nitrogen and oxygen atoms in total. The van der Waals surface area contributed by atoms with Crippen LogP contribution in [0.3, 0.4) is 0 Å². The van der Waals surface area contributed by atoms with Gasteiger partial charge in [-0.3, -0.25) is 4.79 Å². The maximum absolute atomic E-state index is 12.9. The van der Waals surface area contributed by atoms with Gasteiger partial charge in [-0.05, 0) is 61.6 Å². The fraction of sp³-hybridized carbons (Fsp3) is 0.355. The number of carbonyl (C=O) groups is 1. The minimum atomic E-state index is 0.0197. The summed E-state index contributed by atoms with van der Waals surface area (Å²) in [5.74, 6) is 2.56. The van der Waals surface area contributed by atoms with E-state index in [0.717, 1.165) is 61.4 Å². The fourth-order valence-electron chi connectivity index (χ4n) is 5.31. The molecule has 1 aromatic heterocycles. The van der Waals surface area contributed by atoms with Crippen molar-refractivity contribution >= 4 is 22.9 Å². The van der Waals surface area contributed by atoms with E-state index in [2.05, 4.69) is 64.2 Å². The van der Waals surface area contributed by atoms with Crippen LogP contribution < -0.4 is 19.7 Å². The van der Waals surface area contributed by atoms with Crippen molar-refractivity contribution in [3.05, 3.63) is 83.4 Å². The van der Waals surface area contributed by atoms with Gasteiger partial charge in [0.2, 0.25) is 11.9 Å². The Kier molecular flexibility index (Phi) is 7.82. The van der Waals surface area contributed by atoms with Gasteiger partial charge in [-0.1, -0.05) is 48.0 Å². The third kappa shape index (κ3) is 5.62. The average molecular weight is 513 g/mol. The van der Waals surface area contributed by atoms with Crippen LogP contribution in [0.2, 0.25) is 0 Å². The van der Waals surface area contributed by atoms with Crippen molar-refractivity contribution in [2.75, 3.05) is 38.8 Å². The second kappa shape index (κ2) is 11.6. The number of methoxy groups -OCH3 is 2. The van der Waals surface area contributed by atoms with Crippen molar-refractivity contribution in [1.82, 2.24) is 14.9 Å². The van der Waals surface area contributed by atoms with Crippen LogP contribution in [0.1, 0.15) is 29.5 Å². The van der Waals surface area contributed by atoms with Gasteiger partial charge in [0.15, 0.2) is 11.5 Å². The summed E-state index contributed by atoms with van der Waals surface area (Å²) >= 11 is 0. The zero-order chi connectivity index (χ0) is 26.5. The monoisotopic (exact) mass is 512 g/mol. The summed E-state index contributed by atoms with van der Waals surface area (Å²) in [6.45, 7) is 5.12. The Morgan fingerprint density at radius 1 is 0.947 bits per heavy atom. The number of anilines is 1. The maximum atomic E-state index is 12.9. The zero-order valence-electron chi connectivity index (χ0n) is 22.4. The van der Waals surface area contributed by atoms with Gasteiger partial charge < -0.3 is 24.3 Å². The standard InChI is InChI=1S/C31H36N4O3/c1-22-7-6-8-24(19-22)21-35-27-10-5-4-9-26(27)33-31(35)34-17-14-25(15-18-34)30(36)32-16-13-23-11-12-28(37-2)29(20-23)38-3/h4-12,19-20,25H,13-18,21H2,1-3H3,(H,32,36). The number of rotatable bonds is 9. The van der Waals surface area contributed by atoms with Crippen molar-refractivity contribution in [2.45, 2.75) is 32.7 Å². The van der Waals surface area contributed by atoms with Crippen molar-refractivity contribution in [3.8, 4) is 11.5 Å². The summed E-state index contributed by atoms with van der Waals surface area (Å²) in [7, 11) is 3.26. The Hall–Kier alpha value is -4.00. The number of aromatic nitrogens is 2. The first-order valence-electron chi connectivity index (χ1n) is 13.3. The van der Waals surface area contributed by atoms with Crippen molar-refractivity contribution in [1.29, 1.82) is 0 Å². The van der Waals surface area contributed by atoms with E-state index >= 15 is 0 Å². The lowest BCUT2D eigenvalue weighted by atomic mass is 9.96. The summed E-state index contributed by atoms with van der Waals surface area (Å²) in [6, 6.07) is 22.8. The predicted octanol–water partition coefficient (Wildman–Crippen LogP) is 4.99. The van der Waals surface area contributed by atoms with Gasteiger partial charge in [0.1, 0.15) is 0 Å². The summed E-state index contributed by atoms with van der Waals surface area (Å²) in [5.41, 5.74) is 5.76. The van der Waals surface area contributed by atoms with Crippen LogP contribution in [0, 0.1) is 12.8 Å².